The van der Waals surface area contributed by atoms with Crippen LogP contribution < -0.4 is 5.43 Å². The fourth-order valence-corrected chi connectivity index (χ4v) is 2.51. The van der Waals surface area contributed by atoms with Crippen molar-refractivity contribution in [2.24, 2.45) is 0 Å². The van der Waals surface area contributed by atoms with E-state index in [0.717, 1.165) is 5.56 Å². The van der Waals surface area contributed by atoms with Crippen LogP contribution in [0.2, 0.25) is 0 Å². The van der Waals surface area contributed by atoms with Crippen molar-refractivity contribution in [2.45, 2.75) is 13.0 Å². The van der Waals surface area contributed by atoms with Crippen LogP contribution in [0.15, 0.2) is 23.1 Å². The van der Waals surface area contributed by atoms with Crippen molar-refractivity contribution in [1.29, 1.82) is 0 Å². The number of aromatic nitrogens is 1. The smallest absolute Gasteiger partial charge is 0.341 e. The van der Waals surface area contributed by atoms with Crippen molar-refractivity contribution in [3.63, 3.8) is 0 Å². The summed E-state index contributed by atoms with van der Waals surface area (Å²) in [7, 11) is 0. The molecule has 7 nitrogen and oxygen atoms in total. The Labute approximate surface area is 105 Å². The van der Waals surface area contributed by atoms with Gasteiger partial charge in [0.05, 0.1) is 10.4 Å². The van der Waals surface area contributed by atoms with Crippen LogP contribution in [-0.4, -0.2) is 20.6 Å². The average molecular weight is 260 g/mol. The molecule has 0 atom stereocenters. The Morgan fingerprint density at radius 2 is 2.16 bits per heavy atom. The number of hydrogen-bond donors (Lipinski definition) is 1. The molecule has 1 aromatic carbocycles. The lowest BCUT2D eigenvalue weighted by Gasteiger charge is -2.06. The molecule has 0 radical (unpaired) electrons. The highest BCUT2D eigenvalue weighted by molar-refractivity contribution is 5.97. The second-order valence-corrected chi connectivity index (χ2v) is 4.34. The molecule has 0 spiro atoms. The van der Waals surface area contributed by atoms with E-state index in [0.29, 0.717) is 18.5 Å². The number of non-ortho nitro benzene ring substituents is 1. The third-order valence-electron chi connectivity index (χ3n) is 3.33. The van der Waals surface area contributed by atoms with Gasteiger partial charge in [-0.05, 0) is 12.0 Å². The molecule has 2 heterocycles. The van der Waals surface area contributed by atoms with Crippen LogP contribution >= 0.6 is 0 Å². The lowest BCUT2D eigenvalue weighted by molar-refractivity contribution is -0.383. The summed E-state index contributed by atoms with van der Waals surface area (Å²) < 4.78 is 1.60. The van der Waals surface area contributed by atoms with Crippen LogP contribution in [0.25, 0.3) is 10.9 Å². The van der Waals surface area contributed by atoms with Gasteiger partial charge in [-0.25, -0.2) is 4.79 Å². The molecule has 1 aliphatic heterocycles. The third-order valence-corrected chi connectivity index (χ3v) is 3.33. The predicted octanol–water partition coefficient (Wildman–Crippen LogP) is 1.16. The Balaban J connectivity index is 2.57. The molecule has 19 heavy (non-hydrogen) atoms. The van der Waals surface area contributed by atoms with E-state index in [1.165, 1.54) is 12.3 Å². The number of rotatable bonds is 2. The van der Waals surface area contributed by atoms with Crippen LogP contribution in [0.3, 0.4) is 0 Å². The normalized spacial score (nSPS) is 12.8. The number of carboxylic acids is 1. The van der Waals surface area contributed by atoms with E-state index in [4.69, 9.17) is 5.11 Å². The topological polar surface area (TPSA) is 102 Å². The second kappa shape index (κ2) is 3.64. The predicted molar refractivity (Wildman–Crippen MR) is 65.5 cm³/mol. The molecule has 0 amide bonds. The summed E-state index contributed by atoms with van der Waals surface area (Å²) in [5.74, 6) is -1.37. The first-order chi connectivity index (χ1) is 9.00. The molecule has 0 bridgehead atoms. The summed E-state index contributed by atoms with van der Waals surface area (Å²) in [6.07, 6.45) is 1.89. The molecule has 1 aromatic heterocycles. The van der Waals surface area contributed by atoms with Gasteiger partial charge in [-0.15, -0.1) is 0 Å². The Morgan fingerprint density at radius 1 is 1.42 bits per heavy atom. The maximum atomic E-state index is 12.1. The number of aromatic carboxylic acids is 1. The summed E-state index contributed by atoms with van der Waals surface area (Å²) in [6.45, 7) is 0.521. The summed E-state index contributed by atoms with van der Waals surface area (Å²) in [6, 6.07) is 2.88. The fourth-order valence-electron chi connectivity index (χ4n) is 2.51. The first-order valence-corrected chi connectivity index (χ1v) is 5.57. The lowest BCUT2D eigenvalue weighted by atomic mass is 10.1. The summed E-state index contributed by atoms with van der Waals surface area (Å²) >= 11 is 0. The lowest BCUT2D eigenvalue weighted by Crippen LogP contribution is -2.18. The van der Waals surface area contributed by atoms with Crippen LogP contribution in [0, 0.1) is 10.1 Å². The fraction of sp³-hybridized carbons (Fsp3) is 0.167. The first-order valence-electron chi connectivity index (χ1n) is 5.57. The first kappa shape index (κ1) is 11.4. The molecule has 0 fully saturated rings. The van der Waals surface area contributed by atoms with Gasteiger partial charge in [0.2, 0.25) is 5.43 Å². The van der Waals surface area contributed by atoms with E-state index in [1.54, 1.807) is 10.6 Å². The van der Waals surface area contributed by atoms with Gasteiger partial charge in [0.15, 0.2) is 0 Å². The zero-order valence-corrected chi connectivity index (χ0v) is 9.62. The van der Waals surface area contributed by atoms with Crippen molar-refractivity contribution in [1.82, 2.24) is 4.57 Å². The van der Waals surface area contributed by atoms with E-state index in [9.17, 15) is 19.7 Å². The summed E-state index contributed by atoms with van der Waals surface area (Å²) in [5, 5.41) is 19.9. The monoisotopic (exact) mass is 260 g/mol. The SMILES string of the molecule is O=C(O)c1cn2c3c(ccc([N+](=O)[O-])c3c1=O)CC2. The third kappa shape index (κ3) is 1.44. The van der Waals surface area contributed by atoms with Crippen LogP contribution in [0.4, 0.5) is 5.69 Å². The number of nitro groups is 1. The van der Waals surface area contributed by atoms with E-state index in [1.807, 2.05) is 0 Å². The zero-order valence-electron chi connectivity index (χ0n) is 9.62. The highest BCUT2D eigenvalue weighted by atomic mass is 16.6. The Morgan fingerprint density at radius 3 is 2.79 bits per heavy atom. The maximum Gasteiger partial charge on any atom is 0.341 e. The molecule has 7 heteroatoms. The number of hydrogen-bond acceptors (Lipinski definition) is 4. The molecular weight excluding hydrogens is 252 g/mol. The van der Waals surface area contributed by atoms with Gasteiger partial charge in [-0.2, -0.15) is 0 Å². The molecule has 0 aliphatic carbocycles. The van der Waals surface area contributed by atoms with E-state index >= 15 is 0 Å². The minimum atomic E-state index is -1.37. The van der Waals surface area contributed by atoms with Gasteiger partial charge < -0.3 is 9.67 Å². The number of carboxylic acid groups (broad SMARTS) is 1. The molecule has 1 N–H and O–H groups in total. The number of nitrogens with zero attached hydrogens (tertiary/aromatic N) is 2. The van der Waals surface area contributed by atoms with Crippen molar-refractivity contribution in [3.8, 4) is 0 Å². The maximum absolute atomic E-state index is 12.1. The molecule has 0 saturated heterocycles. The highest BCUT2D eigenvalue weighted by Gasteiger charge is 2.26. The van der Waals surface area contributed by atoms with Gasteiger partial charge in [0.25, 0.3) is 5.69 Å². The van der Waals surface area contributed by atoms with Gasteiger partial charge in [-0.3, -0.25) is 14.9 Å². The van der Waals surface area contributed by atoms with Crippen molar-refractivity contribution in [2.75, 3.05) is 0 Å². The Bertz CT molecular complexity index is 806. The van der Waals surface area contributed by atoms with Gasteiger partial charge in [0.1, 0.15) is 10.9 Å². The van der Waals surface area contributed by atoms with Crippen molar-refractivity contribution in [3.05, 3.63) is 49.8 Å². The number of benzene rings is 1. The van der Waals surface area contributed by atoms with Crippen molar-refractivity contribution >= 4 is 22.6 Å². The molecule has 3 rings (SSSR count). The van der Waals surface area contributed by atoms with Crippen LogP contribution in [-0.2, 0) is 13.0 Å². The molecule has 0 unspecified atom stereocenters. The van der Waals surface area contributed by atoms with E-state index in [-0.39, 0.29) is 11.1 Å². The number of pyridine rings is 1. The average Bonchev–Trinajstić information content (AvgIpc) is 2.76. The van der Waals surface area contributed by atoms with Gasteiger partial charge in [-0.1, -0.05) is 6.07 Å². The molecule has 0 saturated carbocycles. The summed E-state index contributed by atoms with van der Waals surface area (Å²) in [4.78, 5) is 33.5. The number of aryl methyl sites for hydroxylation is 2. The Kier molecular flexibility index (Phi) is 2.19. The van der Waals surface area contributed by atoms with Gasteiger partial charge in [0, 0.05) is 18.8 Å². The standard InChI is InChI=1S/C12H8N2O5/c15-11-7(12(16)17)5-13-4-3-6-1-2-8(14(18)19)9(11)10(6)13/h1-2,5H,3-4H2,(H,16,17). The zero-order chi connectivity index (χ0) is 13.7. The van der Waals surface area contributed by atoms with Gasteiger partial charge >= 0.3 is 5.97 Å². The molecule has 1 aliphatic rings. The molecule has 96 valence electrons. The number of carbonyl (C=O) groups is 1. The number of nitro benzene ring substituents is 1. The largest absolute Gasteiger partial charge is 0.477 e. The molecular formula is C12H8N2O5. The van der Waals surface area contributed by atoms with E-state index in [2.05, 4.69) is 0 Å². The minimum Gasteiger partial charge on any atom is -0.477 e. The minimum absolute atomic E-state index is 0.111. The molecule has 2 aromatic rings. The van der Waals surface area contributed by atoms with Crippen molar-refractivity contribution < 1.29 is 14.8 Å². The van der Waals surface area contributed by atoms with Crippen LogP contribution in [0.5, 0.6) is 0 Å². The Hall–Kier alpha value is -2.70. The van der Waals surface area contributed by atoms with E-state index < -0.39 is 21.9 Å². The summed E-state index contributed by atoms with van der Waals surface area (Å²) in [5.41, 5.74) is -0.273. The second-order valence-electron chi connectivity index (χ2n) is 4.34. The quantitative estimate of drug-likeness (QED) is 0.644. The van der Waals surface area contributed by atoms with Crippen LogP contribution in [0.1, 0.15) is 15.9 Å². The highest BCUT2D eigenvalue weighted by Crippen LogP contribution is 2.30.